The van der Waals surface area contributed by atoms with E-state index in [1.54, 1.807) is 27.7 Å². The summed E-state index contributed by atoms with van der Waals surface area (Å²) < 4.78 is 11.7. The molecular weight excluding hydrogens is 448 g/mol. The highest BCUT2D eigenvalue weighted by Crippen LogP contribution is 2.32. The first kappa shape index (κ1) is 24.3. The molecule has 1 unspecified atom stereocenters. The predicted molar refractivity (Wildman–Crippen MR) is 131 cm³/mol. The van der Waals surface area contributed by atoms with Crippen molar-refractivity contribution in [3.63, 3.8) is 0 Å². The quantitative estimate of drug-likeness (QED) is 0.564. The van der Waals surface area contributed by atoms with Crippen molar-refractivity contribution in [2.24, 2.45) is 0 Å². The van der Waals surface area contributed by atoms with Gasteiger partial charge in [0.2, 0.25) is 5.91 Å². The maximum Gasteiger partial charge on any atom is 0.435 e. The highest BCUT2D eigenvalue weighted by atomic mass is 16.6. The van der Waals surface area contributed by atoms with Crippen LogP contribution in [0.25, 0.3) is 10.8 Å². The van der Waals surface area contributed by atoms with Crippen LogP contribution in [-0.4, -0.2) is 45.0 Å². The molecule has 2 aromatic carbocycles. The summed E-state index contributed by atoms with van der Waals surface area (Å²) in [5.41, 5.74) is 1.27. The van der Waals surface area contributed by atoms with Gasteiger partial charge in [-0.25, -0.2) is 9.59 Å². The Balaban J connectivity index is 1.58. The minimum atomic E-state index is -0.669. The molecule has 1 N–H and O–H groups in total. The smallest absolute Gasteiger partial charge is 0.435 e. The van der Waals surface area contributed by atoms with Crippen molar-refractivity contribution in [2.75, 3.05) is 11.9 Å². The minimum absolute atomic E-state index is 0.117. The number of hydrogen-bond acceptors (Lipinski definition) is 6. The zero-order valence-electron chi connectivity index (χ0n) is 20.6. The minimum Gasteiger partial charge on any atom is -0.448 e. The van der Waals surface area contributed by atoms with Crippen LogP contribution in [-0.2, 0) is 27.4 Å². The number of carbonyl (C=O) groups excluding carboxylic acids is 3. The number of nitrogens with one attached hydrogen (secondary N) is 1. The van der Waals surface area contributed by atoms with Gasteiger partial charge in [0.05, 0.1) is 31.3 Å². The lowest BCUT2D eigenvalue weighted by molar-refractivity contribution is -0.117. The van der Waals surface area contributed by atoms with E-state index in [2.05, 4.69) is 10.4 Å². The van der Waals surface area contributed by atoms with Gasteiger partial charge in [0.15, 0.2) is 5.82 Å². The van der Waals surface area contributed by atoms with Gasteiger partial charge in [0.25, 0.3) is 0 Å². The Kier molecular flexibility index (Phi) is 6.51. The van der Waals surface area contributed by atoms with E-state index in [1.807, 2.05) is 49.4 Å². The van der Waals surface area contributed by atoms with Crippen molar-refractivity contribution in [3.05, 3.63) is 59.3 Å². The topological polar surface area (TPSA) is 103 Å². The molecule has 0 saturated carbocycles. The first-order valence-corrected chi connectivity index (χ1v) is 11.6. The fourth-order valence-electron chi connectivity index (χ4n) is 3.99. The molecule has 1 aliphatic heterocycles. The van der Waals surface area contributed by atoms with Gasteiger partial charge in [0, 0.05) is 5.56 Å². The molecular formula is C26H30N4O5. The van der Waals surface area contributed by atoms with Crippen molar-refractivity contribution in [1.82, 2.24) is 14.7 Å². The van der Waals surface area contributed by atoms with Crippen LogP contribution in [0.4, 0.5) is 15.4 Å². The Labute approximate surface area is 204 Å². The van der Waals surface area contributed by atoms with Crippen molar-refractivity contribution in [2.45, 2.75) is 59.2 Å². The van der Waals surface area contributed by atoms with E-state index in [0.717, 1.165) is 21.0 Å². The summed E-state index contributed by atoms with van der Waals surface area (Å²) in [4.78, 5) is 39.8. The average Bonchev–Trinajstić information content (AvgIpc) is 3.38. The lowest BCUT2D eigenvalue weighted by Crippen LogP contribution is -2.34. The van der Waals surface area contributed by atoms with Gasteiger partial charge in [-0.05, 0) is 51.0 Å². The Hall–Kier alpha value is -3.88. The third kappa shape index (κ3) is 5.13. The number of ether oxygens (including phenoxy) is 2. The summed E-state index contributed by atoms with van der Waals surface area (Å²) in [6.45, 7) is 9.31. The summed E-state index contributed by atoms with van der Waals surface area (Å²) in [6.07, 6.45) is -1.18. The molecule has 2 heterocycles. The van der Waals surface area contributed by atoms with Gasteiger partial charge >= 0.3 is 12.2 Å². The van der Waals surface area contributed by atoms with E-state index in [0.29, 0.717) is 11.3 Å². The Bertz CT molecular complexity index is 1290. The van der Waals surface area contributed by atoms with Crippen LogP contribution in [0.2, 0.25) is 0 Å². The lowest BCUT2D eigenvalue weighted by Gasteiger charge is -2.24. The maximum absolute atomic E-state index is 13.2. The van der Waals surface area contributed by atoms with Crippen LogP contribution in [0, 0.1) is 0 Å². The number of hydrogen-bond donors (Lipinski definition) is 1. The monoisotopic (exact) mass is 478 g/mol. The average molecular weight is 479 g/mol. The Morgan fingerprint density at radius 2 is 1.77 bits per heavy atom. The van der Waals surface area contributed by atoms with E-state index < -0.39 is 23.7 Å². The molecule has 9 heteroatoms. The largest absolute Gasteiger partial charge is 0.448 e. The van der Waals surface area contributed by atoms with Crippen molar-refractivity contribution in [3.8, 4) is 0 Å². The molecule has 35 heavy (non-hydrogen) atoms. The van der Waals surface area contributed by atoms with Gasteiger partial charge < -0.3 is 14.8 Å². The van der Waals surface area contributed by atoms with Gasteiger partial charge in [-0.3, -0.25) is 9.69 Å². The fourth-order valence-corrected chi connectivity index (χ4v) is 3.99. The molecule has 2 amide bonds. The second kappa shape index (κ2) is 9.40. The van der Waals surface area contributed by atoms with Crippen molar-refractivity contribution < 1.29 is 23.9 Å². The molecule has 0 spiro atoms. The van der Waals surface area contributed by atoms with Crippen molar-refractivity contribution in [1.29, 1.82) is 0 Å². The summed E-state index contributed by atoms with van der Waals surface area (Å²) in [5, 5.41) is 9.31. The van der Waals surface area contributed by atoms with E-state index in [1.165, 1.54) is 4.90 Å². The van der Waals surface area contributed by atoms with E-state index in [-0.39, 0.29) is 31.4 Å². The first-order valence-electron chi connectivity index (χ1n) is 11.6. The number of carbonyl (C=O) groups is 3. The standard InChI is InChI=1S/C26H30N4O5/c1-6-34-25(33)30-21-15-29(24(32)35-26(3,4)5)14-20(21)22(28-30)27-23(31)16(2)18-12-11-17-9-7-8-10-19(17)13-18/h7-13,16H,6,14-15H2,1-5H3,(H,27,28,31). The maximum atomic E-state index is 13.2. The van der Waals surface area contributed by atoms with Crippen LogP contribution in [0.3, 0.4) is 0 Å². The SMILES string of the molecule is CCOC(=O)n1nc(NC(=O)C(C)c2ccc3ccccc3c2)c2c1CN(C(=O)OC(C)(C)C)C2. The summed E-state index contributed by atoms with van der Waals surface area (Å²) >= 11 is 0. The number of amides is 2. The second-order valence-electron chi connectivity index (χ2n) is 9.54. The second-order valence-corrected chi connectivity index (χ2v) is 9.54. The summed E-state index contributed by atoms with van der Waals surface area (Å²) in [5.74, 6) is -0.504. The number of nitrogens with zero attached hydrogens (tertiary/aromatic N) is 3. The van der Waals surface area contributed by atoms with Gasteiger partial charge in [-0.1, -0.05) is 42.5 Å². The molecule has 3 aromatic rings. The van der Waals surface area contributed by atoms with Crippen LogP contribution in [0.15, 0.2) is 42.5 Å². The van der Waals surface area contributed by atoms with Crippen LogP contribution in [0.1, 0.15) is 57.4 Å². The molecule has 0 radical (unpaired) electrons. The van der Waals surface area contributed by atoms with Crippen LogP contribution >= 0.6 is 0 Å². The lowest BCUT2D eigenvalue weighted by atomic mass is 9.97. The molecule has 1 aromatic heterocycles. The fraction of sp³-hybridized carbons (Fsp3) is 0.385. The van der Waals surface area contributed by atoms with Gasteiger partial charge in [0.1, 0.15) is 5.60 Å². The Morgan fingerprint density at radius 1 is 1.06 bits per heavy atom. The molecule has 184 valence electrons. The number of anilines is 1. The molecule has 0 aliphatic carbocycles. The molecule has 1 atom stereocenters. The number of rotatable bonds is 4. The third-order valence-electron chi connectivity index (χ3n) is 5.78. The van der Waals surface area contributed by atoms with Gasteiger partial charge in [-0.15, -0.1) is 5.10 Å². The zero-order chi connectivity index (χ0) is 25.3. The van der Waals surface area contributed by atoms with Crippen LogP contribution in [0.5, 0.6) is 0 Å². The number of benzene rings is 2. The first-order chi connectivity index (χ1) is 16.6. The summed E-state index contributed by atoms with van der Waals surface area (Å²) in [6, 6.07) is 13.9. The molecule has 0 fully saturated rings. The zero-order valence-corrected chi connectivity index (χ0v) is 20.6. The number of fused-ring (bicyclic) bond motifs is 2. The predicted octanol–water partition coefficient (Wildman–Crippen LogP) is 5.03. The molecule has 0 bridgehead atoms. The molecule has 4 rings (SSSR count). The number of aromatic nitrogens is 2. The third-order valence-corrected chi connectivity index (χ3v) is 5.78. The molecule has 1 aliphatic rings. The summed E-state index contributed by atoms with van der Waals surface area (Å²) in [7, 11) is 0. The van der Waals surface area contributed by atoms with Crippen molar-refractivity contribution >= 4 is 34.7 Å². The molecule has 0 saturated heterocycles. The van der Waals surface area contributed by atoms with Gasteiger partial charge in [-0.2, -0.15) is 4.68 Å². The normalized spacial score (nSPS) is 13.9. The highest BCUT2D eigenvalue weighted by molar-refractivity contribution is 5.97. The highest BCUT2D eigenvalue weighted by Gasteiger charge is 2.35. The van der Waals surface area contributed by atoms with E-state index >= 15 is 0 Å². The van der Waals surface area contributed by atoms with Crippen LogP contribution < -0.4 is 5.32 Å². The Morgan fingerprint density at radius 3 is 2.46 bits per heavy atom. The molecule has 9 nitrogen and oxygen atoms in total. The van der Waals surface area contributed by atoms with E-state index in [9.17, 15) is 14.4 Å². The van der Waals surface area contributed by atoms with E-state index in [4.69, 9.17) is 9.47 Å².